The van der Waals surface area contributed by atoms with E-state index in [0.717, 1.165) is 32.2 Å². The number of hydrogen-bond acceptors (Lipinski definition) is 4. The molecule has 0 spiro atoms. The molecule has 3 rings (SSSR count). The Bertz CT molecular complexity index is 917. The first-order valence-corrected chi connectivity index (χ1v) is 10.9. The molecule has 1 aliphatic heterocycles. The SMILES string of the molecule is CN=C(NCCS(=O)(=O)c1ccccc1F)N1CCN(c2ccccc2)CC1.I. The molecule has 1 aliphatic rings. The smallest absolute Gasteiger partial charge is 0.193 e. The van der Waals surface area contributed by atoms with Gasteiger partial charge in [0.25, 0.3) is 0 Å². The van der Waals surface area contributed by atoms with E-state index in [2.05, 4.69) is 32.2 Å². The second-order valence-corrected chi connectivity index (χ2v) is 8.61. The molecule has 0 amide bonds. The van der Waals surface area contributed by atoms with Crippen LogP contribution in [0.15, 0.2) is 64.5 Å². The number of rotatable bonds is 5. The minimum Gasteiger partial charge on any atom is -0.368 e. The first kappa shape index (κ1) is 23.4. The minimum absolute atomic E-state index is 0. The van der Waals surface area contributed by atoms with Crippen LogP contribution >= 0.6 is 24.0 Å². The van der Waals surface area contributed by atoms with Gasteiger partial charge in [0, 0.05) is 45.5 Å². The number of halogens is 2. The molecule has 1 heterocycles. The number of anilines is 1. The van der Waals surface area contributed by atoms with E-state index in [-0.39, 0.29) is 41.2 Å². The minimum atomic E-state index is -3.69. The normalized spacial score (nSPS) is 15.0. The second kappa shape index (κ2) is 10.8. The number of para-hydroxylation sites is 1. The Morgan fingerprint density at radius 1 is 1.03 bits per heavy atom. The zero-order valence-electron chi connectivity index (χ0n) is 16.3. The van der Waals surface area contributed by atoms with E-state index >= 15 is 0 Å². The molecule has 1 fully saturated rings. The van der Waals surface area contributed by atoms with Crippen molar-refractivity contribution in [2.45, 2.75) is 4.90 Å². The predicted molar refractivity (Wildman–Crippen MR) is 125 cm³/mol. The van der Waals surface area contributed by atoms with Gasteiger partial charge < -0.3 is 15.1 Å². The Labute approximate surface area is 188 Å². The van der Waals surface area contributed by atoms with Gasteiger partial charge in [-0.25, -0.2) is 12.8 Å². The van der Waals surface area contributed by atoms with Crippen molar-refractivity contribution in [1.29, 1.82) is 0 Å². The molecule has 6 nitrogen and oxygen atoms in total. The zero-order chi connectivity index (χ0) is 20.0. The Kier molecular flexibility index (Phi) is 8.69. The molecule has 1 N–H and O–H groups in total. The van der Waals surface area contributed by atoms with Gasteiger partial charge in [0.15, 0.2) is 15.8 Å². The molecule has 0 saturated carbocycles. The maximum absolute atomic E-state index is 13.8. The van der Waals surface area contributed by atoms with E-state index in [0.29, 0.717) is 5.96 Å². The van der Waals surface area contributed by atoms with Gasteiger partial charge in [-0.3, -0.25) is 4.99 Å². The van der Waals surface area contributed by atoms with Crippen LogP contribution in [0, 0.1) is 5.82 Å². The third-order valence-corrected chi connectivity index (χ3v) is 6.48. The molecule has 0 radical (unpaired) electrons. The van der Waals surface area contributed by atoms with Crippen molar-refractivity contribution >= 4 is 45.5 Å². The van der Waals surface area contributed by atoms with Gasteiger partial charge in [-0.15, -0.1) is 24.0 Å². The highest BCUT2D eigenvalue weighted by atomic mass is 127. The maximum atomic E-state index is 13.8. The Morgan fingerprint density at radius 2 is 1.66 bits per heavy atom. The summed E-state index contributed by atoms with van der Waals surface area (Å²) in [6, 6.07) is 15.7. The maximum Gasteiger partial charge on any atom is 0.193 e. The van der Waals surface area contributed by atoms with Crippen molar-refractivity contribution < 1.29 is 12.8 Å². The lowest BCUT2D eigenvalue weighted by atomic mass is 10.2. The van der Waals surface area contributed by atoms with E-state index in [4.69, 9.17) is 0 Å². The van der Waals surface area contributed by atoms with Crippen molar-refractivity contribution in [1.82, 2.24) is 10.2 Å². The molecule has 1 saturated heterocycles. The molecule has 158 valence electrons. The number of guanidine groups is 1. The van der Waals surface area contributed by atoms with Gasteiger partial charge in [-0.2, -0.15) is 0 Å². The van der Waals surface area contributed by atoms with Crippen LogP contribution in [-0.2, 0) is 9.84 Å². The fraction of sp³-hybridized carbons (Fsp3) is 0.350. The standard InChI is InChI=1S/C20H25FN4O2S.HI/c1-22-20(23-11-16-28(26,27)19-10-6-5-9-18(19)21)25-14-12-24(13-15-25)17-7-3-2-4-8-17;/h2-10H,11-16H2,1H3,(H,22,23);1H. The Morgan fingerprint density at radius 3 is 2.28 bits per heavy atom. The van der Waals surface area contributed by atoms with Crippen molar-refractivity contribution in [2.24, 2.45) is 4.99 Å². The molecule has 0 atom stereocenters. The average Bonchev–Trinajstić information content (AvgIpc) is 2.72. The molecule has 0 aliphatic carbocycles. The highest BCUT2D eigenvalue weighted by Crippen LogP contribution is 2.16. The molecule has 2 aromatic carbocycles. The van der Waals surface area contributed by atoms with Crippen LogP contribution < -0.4 is 10.2 Å². The van der Waals surface area contributed by atoms with Gasteiger partial charge in [-0.05, 0) is 24.3 Å². The van der Waals surface area contributed by atoms with E-state index < -0.39 is 15.7 Å². The summed E-state index contributed by atoms with van der Waals surface area (Å²) in [7, 11) is -2.01. The fourth-order valence-electron chi connectivity index (χ4n) is 3.25. The third-order valence-electron chi connectivity index (χ3n) is 4.74. The number of nitrogens with zero attached hydrogens (tertiary/aromatic N) is 3. The van der Waals surface area contributed by atoms with Crippen molar-refractivity contribution in [2.75, 3.05) is 50.4 Å². The van der Waals surface area contributed by atoms with Gasteiger partial charge in [-0.1, -0.05) is 30.3 Å². The van der Waals surface area contributed by atoms with Crippen LogP contribution in [0.2, 0.25) is 0 Å². The van der Waals surface area contributed by atoms with Gasteiger partial charge in [0.1, 0.15) is 10.7 Å². The third kappa shape index (κ3) is 6.05. The first-order chi connectivity index (χ1) is 13.5. The van der Waals surface area contributed by atoms with Crippen LogP contribution in [0.25, 0.3) is 0 Å². The summed E-state index contributed by atoms with van der Waals surface area (Å²) in [6.45, 7) is 3.46. The van der Waals surface area contributed by atoms with Crippen LogP contribution in [0.3, 0.4) is 0 Å². The van der Waals surface area contributed by atoms with Crippen LogP contribution in [0.5, 0.6) is 0 Å². The van der Waals surface area contributed by atoms with Crippen LogP contribution in [0.4, 0.5) is 10.1 Å². The van der Waals surface area contributed by atoms with Crippen molar-refractivity contribution in [3.05, 3.63) is 60.4 Å². The van der Waals surface area contributed by atoms with Crippen LogP contribution in [-0.4, -0.2) is 64.8 Å². The average molecular weight is 532 g/mol. The molecule has 29 heavy (non-hydrogen) atoms. The molecule has 9 heteroatoms. The largest absolute Gasteiger partial charge is 0.368 e. The van der Waals surface area contributed by atoms with E-state index in [1.54, 1.807) is 7.05 Å². The molecule has 0 bridgehead atoms. The topological polar surface area (TPSA) is 65.0 Å². The number of hydrogen-bond donors (Lipinski definition) is 1. The van der Waals surface area contributed by atoms with Gasteiger partial charge >= 0.3 is 0 Å². The van der Waals surface area contributed by atoms with Gasteiger partial charge in [0.2, 0.25) is 0 Å². The quantitative estimate of drug-likeness (QED) is 0.365. The summed E-state index contributed by atoms with van der Waals surface area (Å²) < 4.78 is 38.5. The number of benzene rings is 2. The lowest BCUT2D eigenvalue weighted by Gasteiger charge is -2.37. The van der Waals surface area contributed by atoms with E-state index in [1.165, 1.54) is 23.9 Å². The second-order valence-electron chi connectivity index (χ2n) is 6.53. The lowest BCUT2D eigenvalue weighted by molar-refractivity contribution is 0.373. The number of sulfone groups is 1. The molecule has 0 aromatic heterocycles. The summed E-state index contributed by atoms with van der Waals surface area (Å²) >= 11 is 0. The van der Waals surface area contributed by atoms with Gasteiger partial charge in [0.05, 0.1) is 5.75 Å². The Hall–Kier alpha value is -1.88. The highest BCUT2D eigenvalue weighted by Gasteiger charge is 2.21. The Balaban J connectivity index is 0.00000300. The molecular formula is C20H26FIN4O2S. The summed E-state index contributed by atoms with van der Waals surface area (Å²) in [4.78, 5) is 8.42. The van der Waals surface area contributed by atoms with Crippen molar-refractivity contribution in [3.63, 3.8) is 0 Å². The first-order valence-electron chi connectivity index (χ1n) is 9.24. The summed E-state index contributed by atoms with van der Waals surface area (Å²) in [6.07, 6.45) is 0. The number of nitrogens with one attached hydrogen (secondary N) is 1. The summed E-state index contributed by atoms with van der Waals surface area (Å²) in [5, 5.41) is 3.09. The molecular weight excluding hydrogens is 506 g/mol. The lowest BCUT2D eigenvalue weighted by Crippen LogP contribution is -2.53. The molecule has 0 unspecified atom stereocenters. The monoisotopic (exact) mass is 532 g/mol. The van der Waals surface area contributed by atoms with Crippen LogP contribution in [0.1, 0.15) is 0 Å². The van der Waals surface area contributed by atoms with Crippen molar-refractivity contribution in [3.8, 4) is 0 Å². The predicted octanol–water partition coefficient (Wildman–Crippen LogP) is 2.62. The van der Waals surface area contributed by atoms with E-state index in [9.17, 15) is 12.8 Å². The zero-order valence-corrected chi connectivity index (χ0v) is 19.4. The number of aliphatic imine (C=N–C) groups is 1. The summed E-state index contributed by atoms with van der Waals surface area (Å²) in [5.74, 6) is -0.253. The number of piperazine rings is 1. The highest BCUT2D eigenvalue weighted by molar-refractivity contribution is 14.0. The fourth-order valence-corrected chi connectivity index (χ4v) is 4.49. The summed E-state index contributed by atoms with van der Waals surface area (Å²) in [5.41, 5.74) is 1.20. The molecule has 2 aromatic rings. The van der Waals surface area contributed by atoms with E-state index in [1.807, 2.05) is 18.2 Å².